The molecule has 0 atom stereocenters. The first-order chi connectivity index (χ1) is 10.7. The third kappa shape index (κ3) is 2.71. The highest BCUT2D eigenvalue weighted by Gasteiger charge is 2.15. The first-order valence-corrected chi connectivity index (χ1v) is 7.00. The number of aliphatic hydroxyl groups excluding tert-OH is 1. The minimum absolute atomic E-state index is 0.0766. The molecular formula is C17H16N2O3. The molecule has 2 aromatic heterocycles. The van der Waals surface area contributed by atoms with Crippen LogP contribution in [0.4, 0.5) is 0 Å². The van der Waals surface area contributed by atoms with Gasteiger partial charge in [0.1, 0.15) is 11.5 Å². The maximum Gasteiger partial charge on any atom is 0.250 e. The zero-order valence-corrected chi connectivity index (χ0v) is 12.2. The first kappa shape index (κ1) is 14.3. The summed E-state index contributed by atoms with van der Waals surface area (Å²) in [4.78, 5) is 12.1. The number of hydrogen-bond donors (Lipinski definition) is 1. The van der Waals surface area contributed by atoms with E-state index < -0.39 is 0 Å². The van der Waals surface area contributed by atoms with Crippen molar-refractivity contribution in [2.45, 2.75) is 20.1 Å². The van der Waals surface area contributed by atoms with Gasteiger partial charge in [-0.1, -0.05) is 35.5 Å². The fourth-order valence-electron chi connectivity index (χ4n) is 2.48. The summed E-state index contributed by atoms with van der Waals surface area (Å²) in [5.41, 5.74) is 2.99. The second-order valence-electron chi connectivity index (χ2n) is 5.09. The smallest absolute Gasteiger partial charge is 0.250 e. The number of nitrogens with zero attached hydrogens (tertiary/aromatic N) is 2. The van der Waals surface area contributed by atoms with Crippen molar-refractivity contribution in [2.24, 2.45) is 0 Å². The van der Waals surface area contributed by atoms with Gasteiger partial charge in [-0.2, -0.15) is 0 Å². The molecule has 0 aliphatic heterocycles. The Bertz CT molecular complexity index is 835. The van der Waals surface area contributed by atoms with Gasteiger partial charge in [-0.15, -0.1) is 0 Å². The molecule has 3 aromatic rings. The van der Waals surface area contributed by atoms with Crippen LogP contribution in [0.3, 0.4) is 0 Å². The zero-order chi connectivity index (χ0) is 15.5. The molecule has 5 nitrogen and oxygen atoms in total. The second kappa shape index (κ2) is 5.99. The molecule has 0 fully saturated rings. The Labute approximate surface area is 127 Å². The lowest BCUT2D eigenvalue weighted by atomic mass is 10.1. The van der Waals surface area contributed by atoms with Crippen LogP contribution in [0.5, 0.6) is 0 Å². The van der Waals surface area contributed by atoms with Crippen LogP contribution in [0.1, 0.15) is 17.0 Å². The Balaban J connectivity index is 2.03. The average molecular weight is 296 g/mol. The summed E-state index contributed by atoms with van der Waals surface area (Å²) < 4.78 is 6.77. The van der Waals surface area contributed by atoms with Gasteiger partial charge in [0.05, 0.1) is 18.7 Å². The van der Waals surface area contributed by atoms with Crippen molar-refractivity contribution in [3.05, 3.63) is 76.0 Å². The van der Waals surface area contributed by atoms with Gasteiger partial charge < -0.3 is 14.2 Å². The van der Waals surface area contributed by atoms with Crippen molar-refractivity contribution in [1.29, 1.82) is 0 Å². The van der Waals surface area contributed by atoms with E-state index >= 15 is 0 Å². The number of aryl methyl sites for hydroxylation is 1. The molecule has 1 N–H and O–H groups in total. The van der Waals surface area contributed by atoms with Crippen LogP contribution in [-0.4, -0.2) is 14.8 Å². The summed E-state index contributed by atoms with van der Waals surface area (Å²) in [6.07, 6.45) is 1.77. The van der Waals surface area contributed by atoms with E-state index in [-0.39, 0.29) is 12.2 Å². The molecule has 5 heteroatoms. The van der Waals surface area contributed by atoms with Crippen LogP contribution in [0.25, 0.3) is 11.1 Å². The monoisotopic (exact) mass is 296 g/mol. The Hall–Kier alpha value is -2.66. The van der Waals surface area contributed by atoms with Gasteiger partial charge in [-0.25, -0.2) is 0 Å². The maximum atomic E-state index is 12.1. The lowest BCUT2D eigenvalue weighted by Gasteiger charge is -2.08. The first-order valence-electron chi connectivity index (χ1n) is 7.00. The Morgan fingerprint density at radius 1 is 1.18 bits per heavy atom. The lowest BCUT2D eigenvalue weighted by Crippen LogP contribution is -2.19. The highest BCUT2D eigenvalue weighted by molar-refractivity contribution is 5.66. The summed E-state index contributed by atoms with van der Waals surface area (Å²) in [6, 6.07) is 13.0. The summed E-state index contributed by atoms with van der Waals surface area (Å²) >= 11 is 0. The fraction of sp³-hybridized carbons (Fsp3) is 0.176. The van der Waals surface area contributed by atoms with Crippen molar-refractivity contribution < 1.29 is 9.63 Å². The van der Waals surface area contributed by atoms with E-state index in [0.29, 0.717) is 18.0 Å². The number of hydrogen-bond acceptors (Lipinski definition) is 4. The highest BCUT2D eigenvalue weighted by Crippen LogP contribution is 2.26. The largest absolute Gasteiger partial charge is 0.390 e. The Morgan fingerprint density at radius 3 is 2.68 bits per heavy atom. The van der Waals surface area contributed by atoms with Gasteiger partial charge in [-0.3, -0.25) is 4.79 Å². The third-order valence-corrected chi connectivity index (χ3v) is 3.55. The van der Waals surface area contributed by atoms with Gasteiger partial charge in [0.25, 0.3) is 5.56 Å². The van der Waals surface area contributed by atoms with E-state index in [1.165, 1.54) is 6.07 Å². The second-order valence-corrected chi connectivity index (χ2v) is 5.09. The number of benzene rings is 1. The topological polar surface area (TPSA) is 68.3 Å². The third-order valence-electron chi connectivity index (χ3n) is 3.55. The van der Waals surface area contributed by atoms with Crippen LogP contribution in [0, 0.1) is 6.92 Å². The van der Waals surface area contributed by atoms with Gasteiger partial charge in [-0.05, 0) is 18.6 Å². The lowest BCUT2D eigenvalue weighted by molar-refractivity contribution is 0.266. The molecule has 0 bridgehead atoms. The predicted octanol–water partition coefficient (Wildman–Crippen LogP) is 2.35. The Kier molecular flexibility index (Phi) is 3.89. The fourth-order valence-corrected chi connectivity index (χ4v) is 2.48. The van der Waals surface area contributed by atoms with Crippen LogP contribution >= 0.6 is 0 Å². The summed E-state index contributed by atoms with van der Waals surface area (Å²) in [7, 11) is 0. The molecule has 2 heterocycles. The minimum atomic E-state index is -0.204. The molecule has 0 radical (unpaired) electrons. The van der Waals surface area contributed by atoms with E-state index in [2.05, 4.69) is 5.16 Å². The van der Waals surface area contributed by atoms with Crippen molar-refractivity contribution in [3.63, 3.8) is 0 Å². The molecule has 0 spiro atoms. The van der Waals surface area contributed by atoms with Crippen LogP contribution in [-0.2, 0) is 13.2 Å². The molecule has 1 aromatic carbocycles. The molecule has 0 aliphatic carbocycles. The average Bonchev–Trinajstić information content (AvgIpc) is 2.91. The van der Waals surface area contributed by atoms with E-state index in [1.807, 2.05) is 30.3 Å². The van der Waals surface area contributed by atoms with E-state index in [1.54, 1.807) is 23.8 Å². The molecule has 22 heavy (non-hydrogen) atoms. The zero-order valence-electron chi connectivity index (χ0n) is 12.2. The van der Waals surface area contributed by atoms with Crippen LogP contribution < -0.4 is 5.56 Å². The van der Waals surface area contributed by atoms with Crippen LogP contribution in [0.2, 0.25) is 0 Å². The summed E-state index contributed by atoms with van der Waals surface area (Å²) in [5, 5.41) is 13.2. The quantitative estimate of drug-likeness (QED) is 0.802. The van der Waals surface area contributed by atoms with Crippen molar-refractivity contribution in [2.75, 3.05) is 0 Å². The molecule has 0 saturated heterocycles. The molecule has 0 unspecified atom stereocenters. The van der Waals surface area contributed by atoms with Gasteiger partial charge in [0.2, 0.25) is 0 Å². The van der Waals surface area contributed by atoms with Crippen LogP contribution in [0.15, 0.2) is 58.0 Å². The molecule has 0 aliphatic rings. The van der Waals surface area contributed by atoms with Gasteiger partial charge in [0.15, 0.2) is 0 Å². The molecule has 3 rings (SSSR count). The SMILES string of the molecule is Cc1onc(CO)c1-c1ccc(=O)n(Cc2ccccc2)c1. The van der Waals surface area contributed by atoms with Gasteiger partial charge >= 0.3 is 0 Å². The minimum Gasteiger partial charge on any atom is -0.390 e. The number of aliphatic hydroxyl groups is 1. The molecule has 0 amide bonds. The van der Waals surface area contributed by atoms with E-state index in [9.17, 15) is 9.90 Å². The number of aromatic nitrogens is 2. The maximum absolute atomic E-state index is 12.1. The van der Waals surface area contributed by atoms with Crippen molar-refractivity contribution >= 4 is 0 Å². The standard InChI is InChI=1S/C17H16N2O3/c1-12-17(15(11-20)18-22-12)14-7-8-16(21)19(10-14)9-13-5-3-2-4-6-13/h2-8,10,20H,9,11H2,1H3. The predicted molar refractivity (Wildman–Crippen MR) is 82.4 cm³/mol. The molecule has 0 saturated carbocycles. The number of rotatable bonds is 4. The van der Waals surface area contributed by atoms with Crippen molar-refractivity contribution in [3.8, 4) is 11.1 Å². The normalized spacial score (nSPS) is 10.8. The van der Waals surface area contributed by atoms with E-state index in [0.717, 1.165) is 16.7 Å². The Morgan fingerprint density at radius 2 is 1.95 bits per heavy atom. The summed E-state index contributed by atoms with van der Waals surface area (Å²) in [5.74, 6) is 0.619. The van der Waals surface area contributed by atoms with Gasteiger partial charge in [0, 0.05) is 17.8 Å². The van der Waals surface area contributed by atoms with E-state index in [4.69, 9.17) is 4.52 Å². The highest BCUT2D eigenvalue weighted by atomic mass is 16.5. The number of pyridine rings is 1. The molecular weight excluding hydrogens is 280 g/mol. The summed E-state index contributed by atoms with van der Waals surface area (Å²) in [6.45, 7) is 2.07. The molecule has 112 valence electrons. The van der Waals surface area contributed by atoms with Crippen molar-refractivity contribution in [1.82, 2.24) is 9.72 Å².